The predicted octanol–water partition coefficient (Wildman–Crippen LogP) is 3.31. The fourth-order valence-corrected chi connectivity index (χ4v) is 1.28. The van der Waals surface area contributed by atoms with E-state index in [1.165, 1.54) is 6.07 Å². The lowest BCUT2D eigenvalue weighted by atomic mass is 10.1. The Balaban J connectivity index is 2.99. The molecule has 16 heavy (non-hydrogen) atoms. The SMILES string of the molecule is CC(C)C(C)Oc1ccc(S)cc1[N+](=O)[O-]. The van der Waals surface area contributed by atoms with E-state index in [0.717, 1.165) is 0 Å². The summed E-state index contributed by atoms with van der Waals surface area (Å²) in [5.41, 5.74) is -0.0417. The number of benzene rings is 1. The third-order valence-electron chi connectivity index (χ3n) is 2.39. The molecule has 0 heterocycles. The highest BCUT2D eigenvalue weighted by molar-refractivity contribution is 7.80. The molecule has 0 radical (unpaired) electrons. The maximum atomic E-state index is 10.8. The van der Waals surface area contributed by atoms with Crippen molar-refractivity contribution in [2.24, 2.45) is 5.92 Å². The van der Waals surface area contributed by atoms with Crippen molar-refractivity contribution in [1.29, 1.82) is 0 Å². The molecule has 1 atom stereocenters. The number of rotatable bonds is 4. The Kier molecular flexibility index (Phi) is 4.18. The van der Waals surface area contributed by atoms with Crippen LogP contribution >= 0.6 is 12.6 Å². The lowest BCUT2D eigenvalue weighted by Gasteiger charge is -2.17. The summed E-state index contributed by atoms with van der Waals surface area (Å²) < 4.78 is 5.55. The number of hydrogen-bond donors (Lipinski definition) is 1. The van der Waals surface area contributed by atoms with Crippen LogP contribution in [0, 0.1) is 16.0 Å². The van der Waals surface area contributed by atoms with Crippen molar-refractivity contribution in [3.63, 3.8) is 0 Å². The molecule has 0 spiro atoms. The zero-order valence-electron chi connectivity index (χ0n) is 9.51. The minimum Gasteiger partial charge on any atom is -0.484 e. The van der Waals surface area contributed by atoms with Crippen LogP contribution in [0.2, 0.25) is 0 Å². The van der Waals surface area contributed by atoms with Gasteiger partial charge in [-0.25, -0.2) is 0 Å². The molecule has 0 saturated heterocycles. The minimum atomic E-state index is -0.456. The highest BCUT2D eigenvalue weighted by atomic mass is 32.1. The topological polar surface area (TPSA) is 52.4 Å². The van der Waals surface area contributed by atoms with Crippen LogP contribution in [0.25, 0.3) is 0 Å². The van der Waals surface area contributed by atoms with E-state index in [9.17, 15) is 10.1 Å². The fourth-order valence-electron chi connectivity index (χ4n) is 1.08. The van der Waals surface area contributed by atoms with Gasteiger partial charge in [0.25, 0.3) is 0 Å². The number of hydrogen-bond acceptors (Lipinski definition) is 4. The normalized spacial score (nSPS) is 12.6. The second-order valence-corrected chi connectivity index (χ2v) is 4.49. The van der Waals surface area contributed by atoms with Crippen molar-refractivity contribution in [2.45, 2.75) is 31.8 Å². The standard InChI is InChI=1S/C11H15NO3S/c1-7(2)8(3)15-11-5-4-9(16)6-10(11)12(13)14/h4-8,16H,1-3H3. The van der Waals surface area contributed by atoms with Gasteiger partial charge >= 0.3 is 5.69 Å². The lowest BCUT2D eigenvalue weighted by molar-refractivity contribution is -0.386. The Bertz CT molecular complexity index is 393. The Morgan fingerprint density at radius 2 is 2.00 bits per heavy atom. The van der Waals surface area contributed by atoms with Crippen molar-refractivity contribution in [2.75, 3.05) is 0 Å². The summed E-state index contributed by atoms with van der Waals surface area (Å²) in [5.74, 6) is 0.597. The molecule has 1 unspecified atom stereocenters. The molecule has 1 aromatic rings. The van der Waals surface area contributed by atoms with Crippen LogP contribution in [0.1, 0.15) is 20.8 Å². The van der Waals surface area contributed by atoms with E-state index in [1.807, 2.05) is 20.8 Å². The van der Waals surface area contributed by atoms with Crippen LogP contribution in [-0.4, -0.2) is 11.0 Å². The first-order valence-corrected chi connectivity index (χ1v) is 5.50. The van der Waals surface area contributed by atoms with E-state index < -0.39 is 4.92 Å². The zero-order valence-corrected chi connectivity index (χ0v) is 10.4. The van der Waals surface area contributed by atoms with Gasteiger partial charge in [-0.15, -0.1) is 12.6 Å². The Morgan fingerprint density at radius 1 is 1.38 bits per heavy atom. The molecule has 0 amide bonds. The van der Waals surface area contributed by atoms with Gasteiger partial charge in [0, 0.05) is 11.0 Å². The summed E-state index contributed by atoms with van der Waals surface area (Å²) in [5, 5.41) is 10.8. The number of ether oxygens (including phenoxy) is 1. The third kappa shape index (κ3) is 3.13. The second kappa shape index (κ2) is 5.21. The van der Waals surface area contributed by atoms with Gasteiger partial charge in [-0.3, -0.25) is 10.1 Å². The monoisotopic (exact) mass is 241 g/mol. The molecule has 5 heteroatoms. The molecule has 1 rings (SSSR count). The summed E-state index contributed by atoms with van der Waals surface area (Å²) in [6.07, 6.45) is -0.0653. The first kappa shape index (κ1) is 12.8. The van der Waals surface area contributed by atoms with Crippen molar-refractivity contribution in [3.8, 4) is 5.75 Å². The zero-order chi connectivity index (χ0) is 12.3. The largest absolute Gasteiger partial charge is 0.484 e. The lowest BCUT2D eigenvalue weighted by Crippen LogP contribution is -2.19. The van der Waals surface area contributed by atoms with Crippen molar-refractivity contribution >= 4 is 18.3 Å². The number of nitro benzene ring substituents is 1. The highest BCUT2D eigenvalue weighted by Crippen LogP contribution is 2.30. The summed E-state index contributed by atoms with van der Waals surface area (Å²) in [6.45, 7) is 5.90. The number of nitro groups is 1. The van der Waals surface area contributed by atoms with E-state index in [1.54, 1.807) is 12.1 Å². The smallest absolute Gasteiger partial charge is 0.312 e. The molecule has 0 aliphatic rings. The molecule has 0 aliphatic heterocycles. The molecule has 4 nitrogen and oxygen atoms in total. The fraction of sp³-hybridized carbons (Fsp3) is 0.455. The quantitative estimate of drug-likeness (QED) is 0.500. The van der Waals surface area contributed by atoms with Gasteiger partial charge < -0.3 is 4.74 Å². The van der Waals surface area contributed by atoms with Crippen LogP contribution in [0.15, 0.2) is 23.1 Å². The molecule has 0 aromatic heterocycles. The van der Waals surface area contributed by atoms with Gasteiger partial charge in [-0.2, -0.15) is 0 Å². The first-order chi connectivity index (χ1) is 7.41. The van der Waals surface area contributed by atoms with Gasteiger partial charge in [0.05, 0.1) is 11.0 Å². The average Bonchev–Trinajstić information content (AvgIpc) is 2.20. The molecular weight excluding hydrogens is 226 g/mol. The van der Waals surface area contributed by atoms with Crippen LogP contribution in [0.4, 0.5) is 5.69 Å². The molecular formula is C11H15NO3S. The van der Waals surface area contributed by atoms with Gasteiger partial charge in [0.1, 0.15) is 0 Å². The van der Waals surface area contributed by atoms with Crippen LogP contribution in [-0.2, 0) is 0 Å². The number of thiol groups is 1. The highest BCUT2D eigenvalue weighted by Gasteiger charge is 2.18. The van der Waals surface area contributed by atoms with Gasteiger partial charge in [-0.05, 0) is 25.0 Å². The van der Waals surface area contributed by atoms with E-state index >= 15 is 0 Å². The summed E-state index contributed by atoms with van der Waals surface area (Å²) in [4.78, 5) is 10.9. The summed E-state index contributed by atoms with van der Waals surface area (Å²) in [6, 6.07) is 4.66. The van der Waals surface area contributed by atoms with E-state index in [4.69, 9.17) is 4.74 Å². The maximum Gasteiger partial charge on any atom is 0.312 e. The minimum absolute atomic E-state index is 0.0417. The molecule has 0 N–H and O–H groups in total. The first-order valence-electron chi connectivity index (χ1n) is 5.06. The van der Waals surface area contributed by atoms with Crippen molar-refractivity contribution in [1.82, 2.24) is 0 Å². The Hall–Kier alpha value is -1.23. The molecule has 0 aliphatic carbocycles. The van der Waals surface area contributed by atoms with Gasteiger partial charge in [0.2, 0.25) is 0 Å². The van der Waals surface area contributed by atoms with Crippen molar-refractivity contribution in [3.05, 3.63) is 28.3 Å². The summed E-state index contributed by atoms with van der Waals surface area (Å²) in [7, 11) is 0. The number of nitrogens with zero attached hydrogens (tertiary/aromatic N) is 1. The van der Waals surface area contributed by atoms with E-state index in [0.29, 0.717) is 16.6 Å². The van der Waals surface area contributed by atoms with Crippen molar-refractivity contribution < 1.29 is 9.66 Å². The maximum absolute atomic E-state index is 10.8. The molecule has 0 bridgehead atoms. The van der Waals surface area contributed by atoms with Gasteiger partial charge in [-0.1, -0.05) is 13.8 Å². The van der Waals surface area contributed by atoms with E-state index in [-0.39, 0.29) is 11.8 Å². The van der Waals surface area contributed by atoms with Crippen LogP contribution in [0.3, 0.4) is 0 Å². The molecule has 0 fully saturated rings. The van der Waals surface area contributed by atoms with E-state index in [2.05, 4.69) is 12.6 Å². The van der Waals surface area contributed by atoms with Crippen LogP contribution in [0.5, 0.6) is 5.75 Å². The second-order valence-electron chi connectivity index (χ2n) is 3.98. The third-order valence-corrected chi connectivity index (χ3v) is 2.67. The Labute approximate surface area is 100 Å². The molecule has 0 saturated carbocycles. The molecule has 88 valence electrons. The molecule has 1 aromatic carbocycles. The Morgan fingerprint density at radius 3 is 2.50 bits per heavy atom. The average molecular weight is 241 g/mol. The summed E-state index contributed by atoms with van der Waals surface area (Å²) >= 11 is 4.07. The van der Waals surface area contributed by atoms with Gasteiger partial charge in [0.15, 0.2) is 5.75 Å². The van der Waals surface area contributed by atoms with Crippen LogP contribution < -0.4 is 4.74 Å². The predicted molar refractivity (Wildman–Crippen MR) is 65.3 cm³/mol.